The molecule has 0 radical (unpaired) electrons. The van der Waals surface area contributed by atoms with Crippen molar-refractivity contribution in [2.24, 2.45) is 0 Å². The van der Waals surface area contributed by atoms with Gasteiger partial charge in [-0.3, -0.25) is 4.57 Å². The van der Waals surface area contributed by atoms with Gasteiger partial charge in [0.15, 0.2) is 0 Å². The predicted molar refractivity (Wildman–Crippen MR) is 78.2 cm³/mol. The number of benzene rings is 1. The second-order valence-electron chi connectivity index (χ2n) is 5.03. The SMILES string of the molecule is Cc1c(Br)cccc1-n1c(O)c2c(c1O)CCCC2. The number of hydrogen-bond acceptors (Lipinski definition) is 2. The smallest absolute Gasteiger partial charge is 0.202 e. The molecular formula is C15H16BrNO2. The Hall–Kier alpha value is -1.42. The first-order valence-electron chi connectivity index (χ1n) is 6.51. The van der Waals surface area contributed by atoms with Crippen LogP contribution in [0.1, 0.15) is 29.5 Å². The molecule has 0 saturated carbocycles. The van der Waals surface area contributed by atoms with E-state index in [0.29, 0.717) is 0 Å². The van der Waals surface area contributed by atoms with E-state index in [-0.39, 0.29) is 11.8 Å². The van der Waals surface area contributed by atoms with Crippen LogP contribution < -0.4 is 0 Å². The standard InChI is InChI=1S/C15H16BrNO2/c1-9-12(16)7-4-8-13(9)17-14(18)10-5-2-3-6-11(10)15(17)19/h4,7-8,18-19H,2-3,5-6H2,1H3. The first kappa shape index (κ1) is 12.6. The number of fused-ring (bicyclic) bond motifs is 1. The summed E-state index contributed by atoms with van der Waals surface area (Å²) in [5.41, 5.74) is 3.63. The largest absolute Gasteiger partial charge is 0.494 e. The van der Waals surface area contributed by atoms with E-state index in [1.807, 2.05) is 25.1 Å². The molecule has 0 spiro atoms. The van der Waals surface area contributed by atoms with E-state index in [1.165, 1.54) is 0 Å². The van der Waals surface area contributed by atoms with Gasteiger partial charge >= 0.3 is 0 Å². The third-order valence-electron chi connectivity index (χ3n) is 3.91. The van der Waals surface area contributed by atoms with Crippen molar-refractivity contribution in [3.63, 3.8) is 0 Å². The molecule has 0 bridgehead atoms. The average Bonchev–Trinajstić information content (AvgIpc) is 2.67. The fourth-order valence-electron chi connectivity index (χ4n) is 2.84. The number of nitrogens with zero attached hydrogens (tertiary/aromatic N) is 1. The van der Waals surface area contributed by atoms with Crippen LogP contribution in [-0.2, 0) is 12.8 Å². The second-order valence-corrected chi connectivity index (χ2v) is 5.89. The molecule has 0 atom stereocenters. The van der Waals surface area contributed by atoms with E-state index in [1.54, 1.807) is 4.57 Å². The number of hydrogen-bond donors (Lipinski definition) is 2. The highest BCUT2D eigenvalue weighted by atomic mass is 79.9. The van der Waals surface area contributed by atoms with Crippen LogP contribution in [0.5, 0.6) is 11.8 Å². The molecular weight excluding hydrogens is 306 g/mol. The quantitative estimate of drug-likeness (QED) is 0.838. The van der Waals surface area contributed by atoms with Crippen LogP contribution in [0.4, 0.5) is 0 Å². The Kier molecular flexibility index (Phi) is 3.05. The molecule has 0 fully saturated rings. The molecule has 1 aromatic carbocycles. The monoisotopic (exact) mass is 321 g/mol. The molecule has 4 heteroatoms. The summed E-state index contributed by atoms with van der Waals surface area (Å²) in [6.07, 6.45) is 3.83. The van der Waals surface area contributed by atoms with E-state index < -0.39 is 0 Å². The van der Waals surface area contributed by atoms with Crippen LogP contribution in [0.15, 0.2) is 22.7 Å². The maximum absolute atomic E-state index is 10.4. The number of rotatable bonds is 1. The van der Waals surface area contributed by atoms with Crippen molar-refractivity contribution in [2.45, 2.75) is 32.6 Å². The summed E-state index contributed by atoms with van der Waals surface area (Å²) >= 11 is 3.49. The van der Waals surface area contributed by atoms with Crippen molar-refractivity contribution in [3.05, 3.63) is 39.4 Å². The normalized spacial score (nSPS) is 14.4. The molecule has 3 nitrogen and oxygen atoms in total. The van der Waals surface area contributed by atoms with Crippen molar-refractivity contribution in [1.29, 1.82) is 0 Å². The van der Waals surface area contributed by atoms with Gasteiger partial charge in [-0.25, -0.2) is 0 Å². The minimum absolute atomic E-state index is 0.188. The Balaban J connectivity index is 2.26. The fraction of sp³-hybridized carbons (Fsp3) is 0.333. The molecule has 100 valence electrons. The lowest BCUT2D eigenvalue weighted by Crippen LogP contribution is -1.98. The molecule has 0 unspecified atom stereocenters. The Bertz CT molecular complexity index is 617. The first-order valence-corrected chi connectivity index (χ1v) is 7.30. The third kappa shape index (κ3) is 1.86. The van der Waals surface area contributed by atoms with E-state index in [9.17, 15) is 10.2 Å². The van der Waals surface area contributed by atoms with Crippen molar-refractivity contribution < 1.29 is 10.2 Å². The van der Waals surface area contributed by atoms with Gasteiger partial charge < -0.3 is 10.2 Å². The summed E-state index contributed by atoms with van der Waals surface area (Å²) in [6.45, 7) is 1.97. The van der Waals surface area contributed by atoms with Crippen molar-refractivity contribution in [2.75, 3.05) is 0 Å². The molecule has 0 amide bonds. The van der Waals surface area contributed by atoms with E-state index in [4.69, 9.17) is 0 Å². The highest BCUT2D eigenvalue weighted by Gasteiger charge is 2.25. The molecule has 1 aromatic heterocycles. The van der Waals surface area contributed by atoms with Gasteiger partial charge in [0.05, 0.1) is 5.69 Å². The molecule has 1 aliphatic carbocycles. The highest BCUT2D eigenvalue weighted by molar-refractivity contribution is 9.10. The average molecular weight is 322 g/mol. The number of aromatic hydroxyl groups is 2. The van der Waals surface area contributed by atoms with Gasteiger partial charge in [-0.1, -0.05) is 22.0 Å². The Morgan fingerprint density at radius 2 is 1.63 bits per heavy atom. The van der Waals surface area contributed by atoms with Gasteiger partial charge in [0.2, 0.25) is 11.8 Å². The predicted octanol–water partition coefficient (Wildman–Crippen LogP) is 3.84. The van der Waals surface area contributed by atoms with Gasteiger partial charge in [-0.15, -0.1) is 0 Å². The second kappa shape index (κ2) is 4.60. The van der Waals surface area contributed by atoms with Crippen LogP contribution in [0.3, 0.4) is 0 Å². The topological polar surface area (TPSA) is 45.4 Å². The molecule has 3 rings (SSSR count). The number of halogens is 1. The first-order chi connectivity index (χ1) is 9.11. The minimum atomic E-state index is 0.188. The Labute approximate surface area is 120 Å². The van der Waals surface area contributed by atoms with Gasteiger partial charge in [0.25, 0.3) is 0 Å². The van der Waals surface area contributed by atoms with E-state index in [2.05, 4.69) is 15.9 Å². The van der Waals surface area contributed by atoms with Crippen molar-refractivity contribution >= 4 is 15.9 Å². The lowest BCUT2D eigenvalue weighted by Gasteiger charge is -2.11. The zero-order chi connectivity index (χ0) is 13.6. The Morgan fingerprint density at radius 1 is 1.05 bits per heavy atom. The molecule has 2 aromatic rings. The van der Waals surface area contributed by atoms with Gasteiger partial charge in [-0.2, -0.15) is 0 Å². The van der Waals surface area contributed by atoms with Crippen LogP contribution in [-0.4, -0.2) is 14.8 Å². The maximum atomic E-state index is 10.4. The highest BCUT2D eigenvalue weighted by Crippen LogP contribution is 2.41. The molecule has 1 heterocycles. The molecule has 2 N–H and O–H groups in total. The van der Waals surface area contributed by atoms with Crippen molar-refractivity contribution in [1.82, 2.24) is 4.57 Å². The summed E-state index contributed by atoms with van der Waals surface area (Å²) in [5, 5.41) is 20.8. The van der Waals surface area contributed by atoms with Crippen molar-refractivity contribution in [3.8, 4) is 17.4 Å². The lowest BCUT2D eigenvalue weighted by molar-refractivity contribution is 0.399. The maximum Gasteiger partial charge on any atom is 0.202 e. The summed E-state index contributed by atoms with van der Waals surface area (Å²) in [4.78, 5) is 0. The van der Waals surface area contributed by atoms with E-state index >= 15 is 0 Å². The summed E-state index contributed by atoms with van der Waals surface area (Å²) < 4.78 is 2.53. The zero-order valence-electron chi connectivity index (χ0n) is 10.8. The van der Waals surface area contributed by atoms with Gasteiger partial charge in [0, 0.05) is 15.6 Å². The fourth-order valence-corrected chi connectivity index (χ4v) is 3.19. The molecule has 0 saturated heterocycles. The van der Waals surface area contributed by atoms with Crippen LogP contribution in [0.25, 0.3) is 5.69 Å². The third-order valence-corrected chi connectivity index (χ3v) is 4.77. The molecule has 1 aliphatic rings. The number of aromatic nitrogens is 1. The summed E-state index contributed by atoms with van der Waals surface area (Å²) in [7, 11) is 0. The van der Waals surface area contributed by atoms with Gasteiger partial charge in [-0.05, 0) is 50.3 Å². The minimum Gasteiger partial charge on any atom is -0.494 e. The van der Waals surface area contributed by atoms with E-state index in [0.717, 1.165) is 52.5 Å². The van der Waals surface area contributed by atoms with Crippen LogP contribution in [0, 0.1) is 6.92 Å². The molecule has 0 aliphatic heterocycles. The summed E-state index contributed by atoms with van der Waals surface area (Å²) in [5.74, 6) is 0.377. The molecule has 19 heavy (non-hydrogen) atoms. The van der Waals surface area contributed by atoms with Gasteiger partial charge in [0.1, 0.15) is 0 Å². The summed E-state index contributed by atoms with van der Waals surface area (Å²) in [6, 6.07) is 5.77. The zero-order valence-corrected chi connectivity index (χ0v) is 12.4. The van der Waals surface area contributed by atoms with Crippen LogP contribution >= 0.6 is 15.9 Å². The lowest BCUT2D eigenvalue weighted by atomic mass is 9.95. The van der Waals surface area contributed by atoms with Crippen LogP contribution in [0.2, 0.25) is 0 Å². The Morgan fingerprint density at radius 3 is 2.21 bits per heavy atom.